The highest BCUT2D eigenvalue weighted by molar-refractivity contribution is 6.23. The summed E-state index contributed by atoms with van der Waals surface area (Å²) >= 11 is 0. The summed E-state index contributed by atoms with van der Waals surface area (Å²) in [5, 5.41) is 8.38. The highest BCUT2D eigenvalue weighted by atomic mass is 16.4. The van der Waals surface area contributed by atoms with E-state index in [0.29, 0.717) is 6.08 Å². The molecule has 5 nitrogen and oxygen atoms in total. The van der Waals surface area contributed by atoms with Crippen molar-refractivity contribution in [2.75, 3.05) is 0 Å². The highest BCUT2D eigenvalue weighted by Gasteiger charge is 2.14. The molecule has 64 valence electrons. The van der Waals surface area contributed by atoms with Crippen molar-refractivity contribution in [3.8, 4) is 0 Å². The van der Waals surface area contributed by atoms with Gasteiger partial charge in [0.25, 0.3) is 0 Å². The number of hydrogen-bond donors (Lipinski definition) is 2. The zero-order valence-corrected chi connectivity index (χ0v) is 6.11. The SMILES string of the molecule is C=CC(=O)/C(=C/C(N)=O)C(=O)O. The fourth-order valence-corrected chi connectivity index (χ4v) is 0.490. The molecule has 0 aromatic heterocycles. The fraction of sp³-hybridized carbons (Fsp3) is 0. The molecule has 0 saturated heterocycles. The van der Waals surface area contributed by atoms with E-state index in [1.165, 1.54) is 0 Å². The third-order valence-electron chi connectivity index (χ3n) is 0.968. The zero-order chi connectivity index (χ0) is 9.72. The minimum atomic E-state index is -1.50. The molecule has 0 aliphatic rings. The van der Waals surface area contributed by atoms with Crippen LogP contribution in [0.1, 0.15) is 0 Å². The Morgan fingerprint density at radius 2 is 1.83 bits per heavy atom. The van der Waals surface area contributed by atoms with Gasteiger partial charge in [-0.3, -0.25) is 9.59 Å². The summed E-state index contributed by atoms with van der Waals surface area (Å²) in [6, 6.07) is 0. The third-order valence-corrected chi connectivity index (χ3v) is 0.968. The summed E-state index contributed by atoms with van der Waals surface area (Å²) in [7, 11) is 0. The number of ketones is 1. The molecule has 0 aromatic rings. The number of carbonyl (C=O) groups is 3. The van der Waals surface area contributed by atoms with Crippen LogP contribution in [0.15, 0.2) is 24.3 Å². The summed E-state index contributed by atoms with van der Waals surface area (Å²) in [5.41, 5.74) is 3.98. The molecule has 0 saturated carbocycles. The minimum Gasteiger partial charge on any atom is -0.478 e. The van der Waals surface area contributed by atoms with Gasteiger partial charge >= 0.3 is 5.97 Å². The van der Waals surface area contributed by atoms with Crippen LogP contribution in [0.2, 0.25) is 0 Å². The number of rotatable bonds is 4. The Morgan fingerprint density at radius 1 is 1.33 bits per heavy atom. The van der Waals surface area contributed by atoms with E-state index in [9.17, 15) is 14.4 Å². The van der Waals surface area contributed by atoms with Gasteiger partial charge in [-0.1, -0.05) is 6.58 Å². The largest absolute Gasteiger partial charge is 0.478 e. The average molecular weight is 169 g/mol. The Balaban J connectivity index is 4.91. The van der Waals surface area contributed by atoms with Crippen LogP contribution in [0.25, 0.3) is 0 Å². The maximum Gasteiger partial charge on any atom is 0.339 e. The topological polar surface area (TPSA) is 97.5 Å². The number of amides is 1. The normalized spacial score (nSPS) is 10.5. The quantitative estimate of drug-likeness (QED) is 0.328. The van der Waals surface area contributed by atoms with Gasteiger partial charge in [0.1, 0.15) is 5.57 Å². The number of aliphatic carboxylic acids is 1. The van der Waals surface area contributed by atoms with Gasteiger partial charge in [-0.05, 0) is 6.08 Å². The van der Waals surface area contributed by atoms with E-state index in [-0.39, 0.29) is 0 Å². The molecule has 0 aliphatic heterocycles. The van der Waals surface area contributed by atoms with Crippen LogP contribution in [0.4, 0.5) is 0 Å². The number of hydrogen-bond acceptors (Lipinski definition) is 3. The minimum absolute atomic E-state index is 0.548. The van der Waals surface area contributed by atoms with E-state index in [1.807, 2.05) is 0 Å². The first kappa shape index (κ1) is 10.1. The van der Waals surface area contributed by atoms with Crippen molar-refractivity contribution in [2.24, 2.45) is 5.73 Å². The lowest BCUT2D eigenvalue weighted by atomic mass is 10.1. The Hall–Kier alpha value is -1.91. The molecule has 12 heavy (non-hydrogen) atoms. The number of primary amides is 1. The molecule has 0 bridgehead atoms. The number of carbonyl (C=O) groups excluding carboxylic acids is 2. The predicted octanol–water partition coefficient (Wildman–Crippen LogP) is -0.762. The molecule has 0 fully saturated rings. The van der Waals surface area contributed by atoms with Crippen LogP contribution < -0.4 is 5.73 Å². The molecule has 5 heteroatoms. The van der Waals surface area contributed by atoms with E-state index in [2.05, 4.69) is 12.3 Å². The molecule has 1 amide bonds. The lowest BCUT2D eigenvalue weighted by Gasteiger charge is -1.93. The van der Waals surface area contributed by atoms with E-state index in [1.54, 1.807) is 0 Å². The van der Waals surface area contributed by atoms with Gasteiger partial charge in [-0.2, -0.15) is 0 Å². The molecule has 0 atom stereocenters. The van der Waals surface area contributed by atoms with Crippen molar-refractivity contribution < 1.29 is 19.5 Å². The molecule has 0 heterocycles. The van der Waals surface area contributed by atoms with Crippen LogP contribution in [0, 0.1) is 0 Å². The first-order valence-electron chi connectivity index (χ1n) is 2.90. The first-order valence-corrected chi connectivity index (χ1v) is 2.90. The molecule has 0 aliphatic carbocycles. The van der Waals surface area contributed by atoms with Gasteiger partial charge in [-0.25, -0.2) is 4.79 Å². The van der Waals surface area contributed by atoms with Crippen molar-refractivity contribution in [1.82, 2.24) is 0 Å². The van der Waals surface area contributed by atoms with Crippen LogP contribution >= 0.6 is 0 Å². The highest BCUT2D eigenvalue weighted by Crippen LogP contribution is 1.96. The lowest BCUT2D eigenvalue weighted by molar-refractivity contribution is -0.134. The van der Waals surface area contributed by atoms with Crippen molar-refractivity contribution >= 4 is 17.7 Å². The van der Waals surface area contributed by atoms with Crippen LogP contribution in [-0.4, -0.2) is 22.8 Å². The second-order valence-electron chi connectivity index (χ2n) is 1.83. The second kappa shape index (κ2) is 4.07. The summed E-state index contributed by atoms with van der Waals surface area (Å²) < 4.78 is 0. The molecule has 0 unspecified atom stereocenters. The zero-order valence-electron chi connectivity index (χ0n) is 6.11. The van der Waals surface area contributed by atoms with E-state index in [0.717, 1.165) is 6.08 Å². The van der Waals surface area contributed by atoms with Crippen LogP contribution in [0.3, 0.4) is 0 Å². The lowest BCUT2D eigenvalue weighted by Crippen LogP contribution is -2.15. The number of allylic oxidation sites excluding steroid dienone is 1. The fourth-order valence-electron chi connectivity index (χ4n) is 0.490. The number of nitrogens with two attached hydrogens (primary N) is 1. The van der Waals surface area contributed by atoms with Gasteiger partial charge in [0.05, 0.1) is 0 Å². The van der Waals surface area contributed by atoms with E-state index < -0.39 is 23.2 Å². The third kappa shape index (κ3) is 2.78. The molecule has 0 aromatic carbocycles. The van der Waals surface area contributed by atoms with Gasteiger partial charge in [0.2, 0.25) is 5.91 Å². The van der Waals surface area contributed by atoms with E-state index in [4.69, 9.17) is 5.11 Å². The van der Waals surface area contributed by atoms with Gasteiger partial charge < -0.3 is 10.8 Å². The van der Waals surface area contributed by atoms with Crippen molar-refractivity contribution in [1.29, 1.82) is 0 Å². The van der Waals surface area contributed by atoms with Gasteiger partial charge in [-0.15, -0.1) is 0 Å². The van der Waals surface area contributed by atoms with Crippen LogP contribution in [0.5, 0.6) is 0 Å². The Kier molecular flexibility index (Phi) is 3.42. The number of carboxylic acids is 1. The Bertz CT molecular complexity index is 277. The molecular formula is C7H7NO4. The summed E-state index contributed by atoms with van der Waals surface area (Å²) in [6.07, 6.45) is 1.34. The molecule has 0 radical (unpaired) electrons. The van der Waals surface area contributed by atoms with Crippen molar-refractivity contribution in [2.45, 2.75) is 0 Å². The molecule has 0 spiro atoms. The maximum atomic E-state index is 10.7. The monoisotopic (exact) mass is 169 g/mol. The van der Waals surface area contributed by atoms with E-state index >= 15 is 0 Å². The molecule has 0 rings (SSSR count). The van der Waals surface area contributed by atoms with Gasteiger partial charge in [0, 0.05) is 6.08 Å². The predicted molar refractivity (Wildman–Crippen MR) is 40.1 cm³/mol. The maximum absolute atomic E-state index is 10.7. The summed E-state index contributed by atoms with van der Waals surface area (Å²) in [4.78, 5) is 31.2. The van der Waals surface area contributed by atoms with Crippen LogP contribution in [-0.2, 0) is 14.4 Å². The summed E-state index contributed by atoms with van der Waals surface area (Å²) in [5.74, 6) is -3.33. The molecule has 3 N–H and O–H groups in total. The standard InChI is InChI=1S/C7H7NO4/c1-2-5(9)4(7(11)12)3-6(8)10/h2-3H,1H2,(H2,8,10)(H,11,12)/b4-3-. The first-order chi connectivity index (χ1) is 5.49. The average Bonchev–Trinajstić information content (AvgIpc) is 1.98. The Morgan fingerprint density at radius 3 is 2.08 bits per heavy atom. The van der Waals surface area contributed by atoms with Gasteiger partial charge in [0.15, 0.2) is 5.78 Å². The van der Waals surface area contributed by atoms with Crippen molar-refractivity contribution in [3.05, 3.63) is 24.3 Å². The number of carboxylic acid groups (broad SMARTS) is 1. The second-order valence-corrected chi connectivity index (χ2v) is 1.83. The Labute approximate surface area is 68.2 Å². The smallest absolute Gasteiger partial charge is 0.339 e. The summed E-state index contributed by atoms with van der Waals surface area (Å²) in [6.45, 7) is 3.07. The van der Waals surface area contributed by atoms with Crippen molar-refractivity contribution in [3.63, 3.8) is 0 Å². The molecular weight excluding hydrogens is 162 g/mol.